The average molecular weight is 156 g/mol. The quantitative estimate of drug-likeness (QED) is 0.505. The van der Waals surface area contributed by atoms with Crippen LogP contribution in [0.4, 0.5) is 0 Å². The number of likely N-dealkylation sites (N-methyl/N-ethyl adjacent to an activating group) is 1. The van der Waals surface area contributed by atoms with E-state index in [2.05, 4.69) is 18.9 Å². The van der Waals surface area contributed by atoms with Gasteiger partial charge in [0, 0.05) is 19.1 Å². The minimum Gasteiger partial charge on any atom is -0.341 e. The summed E-state index contributed by atoms with van der Waals surface area (Å²) >= 11 is 0. The lowest BCUT2D eigenvalue weighted by atomic mass is 10.3. The Morgan fingerprint density at radius 3 is 2.82 bits per heavy atom. The molecule has 0 aromatic rings. The van der Waals surface area contributed by atoms with Crippen LogP contribution in [-0.4, -0.2) is 48.9 Å². The fraction of sp³-hybridized carbons (Fsp3) is 0.875. The molecule has 0 saturated carbocycles. The zero-order valence-electron chi connectivity index (χ0n) is 7.29. The third kappa shape index (κ3) is 2.19. The highest BCUT2D eigenvalue weighted by molar-refractivity contribution is 5.47. The lowest BCUT2D eigenvalue weighted by Crippen LogP contribution is -2.36. The van der Waals surface area contributed by atoms with Crippen LogP contribution < -0.4 is 0 Å². The van der Waals surface area contributed by atoms with Gasteiger partial charge in [-0.3, -0.25) is 4.79 Å². The normalized spacial score (nSPS) is 28.2. The first kappa shape index (κ1) is 8.53. The van der Waals surface area contributed by atoms with Crippen LogP contribution in [-0.2, 0) is 4.79 Å². The molecule has 64 valence electrons. The van der Waals surface area contributed by atoms with Crippen molar-refractivity contribution in [3.8, 4) is 0 Å². The number of amides is 1. The molecule has 1 unspecified atom stereocenters. The van der Waals surface area contributed by atoms with Crippen molar-refractivity contribution in [2.75, 3.05) is 26.7 Å². The maximum absolute atomic E-state index is 10.5. The third-order valence-electron chi connectivity index (χ3n) is 2.23. The minimum absolute atomic E-state index is 0.375. The molecule has 1 atom stereocenters. The molecule has 0 radical (unpaired) electrons. The second-order valence-corrected chi connectivity index (χ2v) is 3.31. The molecule has 0 aromatic heterocycles. The summed E-state index contributed by atoms with van der Waals surface area (Å²) in [6.45, 7) is 5.11. The van der Waals surface area contributed by atoms with E-state index >= 15 is 0 Å². The van der Waals surface area contributed by atoms with Gasteiger partial charge in [-0.2, -0.15) is 0 Å². The number of nitrogens with zero attached hydrogens (tertiary/aromatic N) is 2. The monoisotopic (exact) mass is 156 g/mol. The highest BCUT2D eigenvalue weighted by Gasteiger charge is 2.16. The minimum atomic E-state index is 0.375. The Bertz CT molecular complexity index is 138. The second kappa shape index (κ2) is 3.72. The van der Waals surface area contributed by atoms with Crippen LogP contribution in [0.5, 0.6) is 0 Å². The van der Waals surface area contributed by atoms with Crippen LogP contribution in [0.25, 0.3) is 0 Å². The number of rotatable bonds is 1. The third-order valence-corrected chi connectivity index (χ3v) is 2.23. The molecule has 1 aliphatic heterocycles. The molecule has 0 aliphatic carbocycles. The summed E-state index contributed by atoms with van der Waals surface area (Å²) < 4.78 is 0. The molecule has 1 saturated heterocycles. The smallest absolute Gasteiger partial charge is 0.209 e. The van der Waals surface area contributed by atoms with Crippen molar-refractivity contribution in [2.24, 2.45) is 0 Å². The average Bonchev–Trinajstić information content (AvgIpc) is 2.11. The molecule has 3 nitrogen and oxygen atoms in total. The summed E-state index contributed by atoms with van der Waals surface area (Å²) in [5, 5.41) is 0. The zero-order valence-corrected chi connectivity index (χ0v) is 7.29. The molecule has 11 heavy (non-hydrogen) atoms. The lowest BCUT2D eigenvalue weighted by Gasteiger charge is -2.23. The van der Waals surface area contributed by atoms with E-state index in [-0.39, 0.29) is 0 Å². The van der Waals surface area contributed by atoms with Crippen molar-refractivity contribution in [1.29, 1.82) is 0 Å². The van der Waals surface area contributed by atoms with Crippen molar-refractivity contribution in [1.82, 2.24) is 9.80 Å². The van der Waals surface area contributed by atoms with Gasteiger partial charge in [-0.15, -0.1) is 0 Å². The van der Waals surface area contributed by atoms with Crippen molar-refractivity contribution < 1.29 is 4.79 Å². The van der Waals surface area contributed by atoms with Gasteiger partial charge in [0.1, 0.15) is 0 Å². The molecule has 1 rings (SSSR count). The molecular weight excluding hydrogens is 140 g/mol. The highest BCUT2D eigenvalue weighted by atomic mass is 16.1. The van der Waals surface area contributed by atoms with E-state index in [4.69, 9.17) is 0 Å². The Morgan fingerprint density at radius 1 is 1.45 bits per heavy atom. The van der Waals surface area contributed by atoms with Crippen LogP contribution in [0.3, 0.4) is 0 Å². The largest absolute Gasteiger partial charge is 0.341 e. The molecule has 3 heteroatoms. The van der Waals surface area contributed by atoms with E-state index in [1.165, 1.54) is 0 Å². The fourth-order valence-corrected chi connectivity index (χ4v) is 1.55. The first-order chi connectivity index (χ1) is 5.24. The van der Waals surface area contributed by atoms with Crippen LogP contribution in [0.2, 0.25) is 0 Å². The first-order valence-electron chi connectivity index (χ1n) is 4.13. The predicted octanol–water partition coefficient (Wildman–Crippen LogP) is 0.169. The lowest BCUT2D eigenvalue weighted by molar-refractivity contribution is -0.119. The molecule has 1 fully saturated rings. The Kier molecular flexibility index (Phi) is 2.88. The van der Waals surface area contributed by atoms with E-state index in [1.54, 1.807) is 0 Å². The van der Waals surface area contributed by atoms with Crippen molar-refractivity contribution in [3.05, 3.63) is 0 Å². The summed E-state index contributed by atoms with van der Waals surface area (Å²) in [5.74, 6) is 0. The topological polar surface area (TPSA) is 23.6 Å². The highest BCUT2D eigenvalue weighted by Crippen LogP contribution is 2.05. The summed E-state index contributed by atoms with van der Waals surface area (Å²) in [6.07, 6.45) is 2.06. The van der Waals surface area contributed by atoms with Gasteiger partial charge in [0.25, 0.3) is 0 Å². The number of carbonyl (C=O) groups is 1. The summed E-state index contributed by atoms with van der Waals surface area (Å²) in [6, 6.07) is 0.375. The zero-order chi connectivity index (χ0) is 8.27. The molecular formula is C8H16N2O. The fourth-order valence-electron chi connectivity index (χ4n) is 1.55. The number of carbonyl (C=O) groups excluding carboxylic acids is 1. The standard InChI is InChI=1S/C8H16N2O/c1-8-6-9(2)4-3-5-10(8)7-11/h7-8H,3-6H2,1-2H3. The van der Waals surface area contributed by atoms with Gasteiger partial charge in [-0.05, 0) is 26.9 Å². The second-order valence-electron chi connectivity index (χ2n) is 3.31. The van der Waals surface area contributed by atoms with Crippen LogP contribution >= 0.6 is 0 Å². The van der Waals surface area contributed by atoms with E-state index in [0.29, 0.717) is 6.04 Å². The van der Waals surface area contributed by atoms with Gasteiger partial charge in [0.05, 0.1) is 0 Å². The van der Waals surface area contributed by atoms with Gasteiger partial charge in [0.15, 0.2) is 0 Å². The Labute approximate surface area is 68.0 Å². The SMILES string of the molecule is CC1CN(C)CCCN1C=O. The number of hydrogen-bond acceptors (Lipinski definition) is 2. The van der Waals surface area contributed by atoms with Gasteiger partial charge in [-0.1, -0.05) is 0 Å². The first-order valence-corrected chi connectivity index (χ1v) is 4.13. The van der Waals surface area contributed by atoms with Gasteiger partial charge in [0.2, 0.25) is 6.41 Å². The van der Waals surface area contributed by atoms with E-state index in [0.717, 1.165) is 32.5 Å². The van der Waals surface area contributed by atoms with Crippen molar-refractivity contribution >= 4 is 6.41 Å². The van der Waals surface area contributed by atoms with Gasteiger partial charge in [-0.25, -0.2) is 0 Å². The van der Waals surface area contributed by atoms with Crippen LogP contribution in [0.15, 0.2) is 0 Å². The number of hydrogen-bond donors (Lipinski definition) is 0. The molecule has 0 bridgehead atoms. The molecule has 1 aliphatic rings. The summed E-state index contributed by atoms with van der Waals surface area (Å²) in [4.78, 5) is 14.7. The maximum Gasteiger partial charge on any atom is 0.209 e. The van der Waals surface area contributed by atoms with Crippen molar-refractivity contribution in [2.45, 2.75) is 19.4 Å². The van der Waals surface area contributed by atoms with Crippen molar-refractivity contribution in [3.63, 3.8) is 0 Å². The molecule has 0 spiro atoms. The molecule has 0 N–H and O–H groups in total. The van der Waals surface area contributed by atoms with Crippen LogP contribution in [0, 0.1) is 0 Å². The maximum atomic E-state index is 10.5. The Balaban J connectivity index is 2.49. The van der Waals surface area contributed by atoms with Gasteiger partial charge >= 0.3 is 0 Å². The Morgan fingerprint density at radius 2 is 2.18 bits per heavy atom. The van der Waals surface area contributed by atoms with E-state index in [9.17, 15) is 4.79 Å². The summed E-state index contributed by atoms with van der Waals surface area (Å²) in [7, 11) is 2.10. The van der Waals surface area contributed by atoms with Crippen LogP contribution in [0.1, 0.15) is 13.3 Å². The molecule has 1 heterocycles. The molecule has 0 aromatic carbocycles. The van der Waals surface area contributed by atoms with Gasteiger partial charge < -0.3 is 9.80 Å². The van der Waals surface area contributed by atoms with E-state index < -0.39 is 0 Å². The predicted molar refractivity (Wildman–Crippen MR) is 44.3 cm³/mol. The molecule has 1 amide bonds. The van der Waals surface area contributed by atoms with E-state index in [1.807, 2.05) is 4.90 Å². The summed E-state index contributed by atoms with van der Waals surface area (Å²) in [5.41, 5.74) is 0. The Hall–Kier alpha value is -0.570.